The van der Waals surface area contributed by atoms with E-state index in [9.17, 15) is 4.39 Å². The number of methoxy groups -OCH3 is 1. The quantitative estimate of drug-likeness (QED) is 0.484. The molecule has 0 bridgehead atoms. The Balaban J connectivity index is 1.72. The van der Waals surface area contributed by atoms with Crippen LogP contribution in [-0.2, 0) is 17.9 Å². The van der Waals surface area contributed by atoms with Gasteiger partial charge < -0.3 is 9.30 Å². The van der Waals surface area contributed by atoms with Crippen molar-refractivity contribution in [2.75, 3.05) is 27.2 Å². The van der Waals surface area contributed by atoms with Gasteiger partial charge in [-0.15, -0.1) is 5.10 Å². The van der Waals surface area contributed by atoms with Crippen LogP contribution in [0.4, 0.5) is 13.2 Å². The van der Waals surface area contributed by atoms with Gasteiger partial charge in [-0.05, 0) is 25.2 Å². The predicted molar refractivity (Wildman–Crippen MR) is 106 cm³/mol. The molecule has 1 aliphatic heterocycles. The summed E-state index contributed by atoms with van der Waals surface area (Å²) in [5, 5.41) is 8.52. The Kier molecular flexibility index (Phi) is 4.67. The highest BCUT2D eigenvalue weighted by molar-refractivity contribution is 6.02. The van der Waals surface area contributed by atoms with Crippen molar-refractivity contribution in [1.82, 2.24) is 34.4 Å². The van der Waals surface area contributed by atoms with Crippen molar-refractivity contribution in [2.24, 2.45) is 0 Å². The lowest BCUT2D eigenvalue weighted by Crippen LogP contribution is -2.31. The Hall–Kier alpha value is -3.05. The Bertz CT molecular complexity index is 1270. The summed E-state index contributed by atoms with van der Waals surface area (Å²) in [7, 11) is 3.20. The molecular formula is C20H20F3N7O. The number of halogens is 3. The van der Waals surface area contributed by atoms with Gasteiger partial charge in [-0.25, -0.2) is 22.8 Å². The number of alkyl halides is 2. The summed E-state index contributed by atoms with van der Waals surface area (Å²) < 4.78 is 52.2. The molecule has 4 heterocycles. The van der Waals surface area contributed by atoms with Crippen LogP contribution in [0.25, 0.3) is 21.9 Å². The van der Waals surface area contributed by atoms with Crippen LogP contribution in [0.3, 0.4) is 0 Å². The summed E-state index contributed by atoms with van der Waals surface area (Å²) in [5.41, 5.74) is 2.00. The summed E-state index contributed by atoms with van der Waals surface area (Å²) in [6.07, 6.45) is 3.21. The lowest BCUT2D eigenvalue weighted by Gasteiger charge is -2.22. The van der Waals surface area contributed by atoms with E-state index in [-0.39, 0.29) is 26.2 Å². The first-order valence-corrected chi connectivity index (χ1v) is 9.75. The number of hydrogen-bond donors (Lipinski definition) is 0. The van der Waals surface area contributed by atoms with Crippen molar-refractivity contribution in [2.45, 2.75) is 25.1 Å². The van der Waals surface area contributed by atoms with Crippen LogP contribution < -0.4 is 0 Å². The van der Waals surface area contributed by atoms with E-state index in [0.717, 1.165) is 0 Å². The van der Waals surface area contributed by atoms with Gasteiger partial charge in [0.1, 0.15) is 35.4 Å². The summed E-state index contributed by atoms with van der Waals surface area (Å²) in [6, 6.07) is 2.99. The fourth-order valence-corrected chi connectivity index (χ4v) is 4.25. The number of likely N-dealkylation sites (N-methyl/N-ethyl adjacent to an activating group) is 1. The highest BCUT2D eigenvalue weighted by Gasteiger charge is 2.49. The van der Waals surface area contributed by atoms with Crippen molar-refractivity contribution < 1.29 is 17.9 Å². The van der Waals surface area contributed by atoms with Crippen molar-refractivity contribution in [3.05, 3.63) is 47.9 Å². The molecule has 0 saturated carbocycles. The summed E-state index contributed by atoms with van der Waals surface area (Å²) >= 11 is 0. The summed E-state index contributed by atoms with van der Waals surface area (Å²) in [4.78, 5) is 10.5. The number of ether oxygens (including phenoxy) is 1. The number of imidazole rings is 1. The zero-order valence-corrected chi connectivity index (χ0v) is 17.0. The normalized spacial score (nSPS) is 19.1. The van der Waals surface area contributed by atoms with Gasteiger partial charge >= 0.3 is 0 Å². The van der Waals surface area contributed by atoms with E-state index in [1.165, 1.54) is 33.6 Å². The number of aromatic nitrogens is 6. The number of fused-ring (bicyclic) bond motifs is 3. The number of pyridine rings is 1. The zero-order chi connectivity index (χ0) is 21.8. The first kappa shape index (κ1) is 19.9. The molecule has 1 saturated heterocycles. The second kappa shape index (κ2) is 7.27. The average Bonchev–Trinajstić information content (AvgIpc) is 3.37. The fraction of sp³-hybridized carbons (Fsp3) is 0.400. The van der Waals surface area contributed by atoms with Crippen molar-refractivity contribution in [3.63, 3.8) is 0 Å². The maximum Gasteiger partial charge on any atom is 0.282 e. The van der Waals surface area contributed by atoms with Gasteiger partial charge in [-0.3, -0.25) is 9.88 Å². The van der Waals surface area contributed by atoms with E-state index in [1.54, 1.807) is 25.3 Å². The molecule has 11 heteroatoms. The summed E-state index contributed by atoms with van der Waals surface area (Å²) in [6.45, 7) is 0.181. The molecule has 0 radical (unpaired) electrons. The first-order valence-electron chi connectivity index (χ1n) is 9.75. The molecule has 5 rings (SSSR count). The smallest absolute Gasteiger partial charge is 0.282 e. The zero-order valence-electron chi connectivity index (χ0n) is 17.0. The van der Waals surface area contributed by atoms with Crippen molar-refractivity contribution in [3.8, 4) is 0 Å². The Morgan fingerprint density at radius 1 is 1.26 bits per heavy atom. The molecule has 31 heavy (non-hydrogen) atoms. The van der Waals surface area contributed by atoms with E-state index in [4.69, 9.17) is 4.74 Å². The van der Waals surface area contributed by atoms with Crippen LogP contribution >= 0.6 is 0 Å². The molecule has 0 N–H and O–H groups in total. The van der Waals surface area contributed by atoms with E-state index >= 15 is 8.78 Å². The lowest BCUT2D eigenvalue weighted by atomic mass is 10.1. The molecule has 1 fully saturated rings. The number of hydrogen-bond acceptors (Lipinski definition) is 6. The van der Waals surface area contributed by atoms with Gasteiger partial charge in [0, 0.05) is 19.0 Å². The largest absolute Gasteiger partial charge is 0.378 e. The number of benzene rings is 1. The standard InChI is InChI=1S/C20H20F3N7O/c1-28-8-17(20(22,23)11-28)30-18(9-29-7-13(10-31-2)26-27-29)25-16-6-24-15-4-3-12(21)5-14(15)19(16)30/h3-7,17H,8-11H2,1-2H3. The highest BCUT2D eigenvalue weighted by Crippen LogP contribution is 2.40. The molecule has 4 aromatic rings. The van der Waals surface area contributed by atoms with E-state index in [1.807, 2.05) is 0 Å². The summed E-state index contributed by atoms with van der Waals surface area (Å²) in [5.74, 6) is -3.07. The van der Waals surface area contributed by atoms with Gasteiger partial charge in [0.2, 0.25) is 0 Å². The molecule has 1 aliphatic rings. The maximum atomic E-state index is 15.0. The van der Waals surface area contributed by atoms with Gasteiger partial charge in [-0.1, -0.05) is 5.21 Å². The molecule has 1 unspecified atom stereocenters. The van der Waals surface area contributed by atoms with Crippen LogP contribution in [0.1, 0.15) is 17.6 Å². The molecule has 8 nitrogen and oxygen atoms in total. The monoisotopic (exact) mass is 431 g/mol. The SMILES string of the molecule is COCc1cn(Cc2nc3cnc4ccc(F)cc4c3n2C2CN(C)CC2(F)F)nn1. The van der Waals surface area contributed by atoms with Crippen molar-refractivity contribution in [1.29, 1.82) is 0 Å². The fourth-order valence-electron chi connectivity index (χ4n) is 4.25. The van der Waals surface area contributed by atoms with Gasteiger partial charge in [0.15, 0.2) is 0 Å². The third-order valence-electron chi connectivity index (χ3n) is 5.50. The molecular weight excluding hydrogens is 411 g/mol. The maximum absolute atomic E-state index is 15.0. The van der Waals surface area contributed by atoms with E-state index in [2.05, 4.69) is 20.3 Å². The van der Waals surface area contributed by atoms with E-state index < -0.39 is 17.8 Å². The minimum atomic E-state index is -2.98. The molecule has 1 aromatic carbocycles. The minimum absolute atomic E-state index is 0.124. The topological polar surface area (TPSA) is 73.9 Å². The minimum Gasteiger partial charge on any atom is -0.378 e. The van der Waals surface area contributed by atoms with Crippen LogP contribution in [0.2, 0.25) is 0 Å². The number of likely N-dealkylation sites (tertiary alicyclic amines) is 1. The number of nitrogens with zero attached hydrogens (tertiary/aromatic N) is 7. The second-order valence-corrected chi connectivity index (χ2v) is 7.87. The molecule has 0 amide bonds. The Morgan fingerprint density at radius 3 is 2.84 bits per heavy atom. The van der Waals surface area contributed by atoms with Gasteiger partial charge in [0.05, 0.1) is 36.6 Å². The average molecular weight is 431 g/mol. The van der Waals surface area contributed by atoms with Gasteiger partial charge in [-0.2, -0.15) is 0 Å². The molecule has 0 spiro atoms. The molecule has 3 aromatic heterocycles. The Labute approximate surface area is 175 Å². The lowest BCUT2D eigenvalue weighted by molar-refractivity contribution is -0.0202. The first-order chi connectivity index (χ1) is 14.9. The van der Waals surface area contributed by atoms with Crippen LogP contribution in [0.15, 0.2) is 30.6 Å². The predicted octanol–water partition coefficient (Wildman–Crippen LogP) is 2.63. The second-order valence-electron chi connectivity index (χ2n) is 7.87. The third-order valence-corrected chi connectivity index (χ3v) is 5.50. The Morgan fingerprint density at radius 2 is 2.10 bits per heavy atom. The molecule has 162 valence electrons. The number of rotatable bonds is 5. The van der Waals surface area contributed by atoms with Crippen molar-refractivity contribution >= 4 is 21.9 Å². The van der Waals surface area contributed by atoms with Crippen LogP contribution in [0.5, 0.6) is 0 Å². The van der Waals surface area contributed by atoms with Gasteiger partial charge in [0.25, 0.3) is 5.92 Å². The van der Waals surface area contributed by atoms with E-state index in [0.29, 0.717) is 33.5 Å². The highest BCUT2D eigenvalue weighted by atomic mass is 19.3. The molecule has 1 atom stereocenters. The van der Waals surface area contributed by atoms with Crippen LogP contribution in [0, 0.1) is 5.82 Å². The molecule has 0 aliphatic carbocycles. The third kappa shape index (κ3) is 3.43. The van der Waals surface area contributed by atoms with Crippen LogP contribution in [-0.4, -0.2) is 67.6 Å².